The molecule has 0 fully saturated rings. The number of halogens is 12. The summed E-state index contributed by atoms with van der Waals surface area (Å²) >= 11 is 0. The number of alkyl halides is 12. The van der Waals surface area contributed by atoms with Crippen LogP contribution in [0.4, 0.5) is 52.7 Å². The Morgan fingerprint density at radius 2 is 0.836 bits per heavy atom. The van der Waals surface area contributed by atoms with Crippen LogP contribution in [0, 0.1) is 11.3 Å². The summed E-state index contributed by atoms with van der Waals surface area (Å²) in [4.78, 5) is 9.73. The maximum atomic E-state index is 14.5. The Hall–Kier alpha value is -7.93. The van der Waals surface area contributed by atoms with Gasteiger partial charge in [0.15, 0.2) is 5.82 Å². The molecule has 9 aromatic rings. The lowest BCUT2D eigenvalue weighted by Gasteiger charge is -2.16. The van der Waals surface area contributed by atoms with Crippen LogP contribution in [0.2, 0.25) is 0 Å². The van der Waals surface area contributed by atoms with E-state index in [0.717, 1.165) is 11.1 Å². The van der Waals surface area contributed by atoms with E-state index >= 15 is 0 Å². The van der Waals surface area contributed by atoms with Crippen LogP contribution in [0.5, 0.6) is 0 Å². The highest BCUT2D eigenvalue weighted by Crippen LogP contribution is 2.46. The quantitative estimate of drug-likeness (QED) is 0.156. The van der Waals surface area contributed by atoms with Crippen LogP contribution in [0.1, 0.15) is 27.8 Å². The summed E-state index contributed by atoms with van der Waals surface area (Å²) in [5.41, 5.74) is -4.45. The highest BCUT2D eigenvalue weighted by atomic mass is 19.4. The van der Waals surface area contributed by atoms with E-state index in [1.165, 1.54) is 47.0 Å². The molecule has 0 atom stereocenters. The molecule has 0 amide bonds. The van der Waals surface area contributed by atoms with Crippen molar-refractivity contribution in [1.82, 2.24) is 14.5 Å². The number of rotatable bonds is 6. The Bertz CT molecular complexity index is 3230. The molecule has 0 radical (unpaired) electrons. The molecule has 0 unspecified atom stereocenters. The Morgan fingerprint density at radius 1 is 0.403 bits per heavy atom. The van der Waals surface area contributed by atoms with Gasteiger partial charge in [0.2, 0.25) is 0 Å². The topological polar surface area (TPSA) is 54.5 Å². The number of fused-ring (bicyclic) bond motifs is 3. The second kappa shape index (κ2) is 16.2. The smallest absolute Gasteiger partial charge is 0.308 e. The van der Waals surface area contributed by atoms with Gasteiger partial charge in [0.25, 0.3) is 0 Å². The fraction of sp³-hybridized carbons (Fsp3) is 0.0784. The van der Waals surface area contributed by atoms with Gasteiger partial charge in [0.05, 0.1) is 55.9 Å². The number of nitriles is 1. The van der Waals surface area contributed by atoms with E-state index in [4.69, 9.17) is 9.97 Å². The van der Waals surface area contributed by atoms with E-state index in [9.17, 15) is 57.9 Å². The van der Waals surface area contributed by atoms with Gasteiger partial charge in [-0.2, -0.15) is 57.9 Å². The van der Waals surface area contributed by atoms with Crippen LogP contribution in [-0.2, 0) is 24.7 Å². The fourth-order valence-electron chi connectivity index (χ4n) is 8.07. The second-order valence-electron chi connectivity index (χ2n) is 15.3. The predicted molar refractivity (Wildman–Crippen MR) is 228 cm³/mol. The molecule has 0 bridgehead atoms. The van der Waals surface area contributed by atoms with E-state index in [-0.39, 0.29) is 62.1 Å². The van der Waals surface area contributed by atoms with Gasteiger partial charge >= 0.3 is 24.7 Å². The van der Waals surface area contributed by atoms with Gasteiger partial charge in [0, 0.05) is 27.5 Å². The van der Waals surface area contributed by atoms with Crippen molar-refractivity contribution in [2.75, 3.05) is 0 Å². The number of benzene rings is 7. The van der Waals surface area contributed by atoms with Crippen molar-refractivity contribution in [3.05, 3.63) is 186 Å². The Morgan fingerprint density at radius 3 is 1.24 bits per heavy atom. The predicted octanol–water partition coefficient (Wildman–Crippen LogP) is 15.9. The monoisotopic (exact) mass is 922 g/mol. The number of hydrogen-bond donors (Lipinski definition) is 0. The van der Waals surface area contributed by atoms with Gasteiger partial charge in [-0.3, -0.25) is 0 Å². The maximum Gasteiger partial charge on any atom is 0.417 e. The Balaban J connectivity index is 1.31. The summed E-state index contributed by atoms with van der Waals surface area (Å²) < 4.78 is 171. The summed E-state index contributed by atoms with van der Waals surface area (Å²) in [6.07, 6.45) is -20.8. The first kappa shape index (κ1) is 44.3. The third-order valence-corrected chi connectivity index (χ3v) is 11.2. The van der Waals surface area contributed by atoms with Crippen LogP contribution in [0.3, 0.4) is 0 Å². The van der Waals surface area contributed by atoms with Crippen LogP contribution < -0.4 is 0 Å². The zero-order chi connectivity index (χ0) is 47.6. The molecular formula is C51H26F12N4. The lowest BCUT2D eigenvalue weighted by atomic mass is 9.94. The van der Waals surface area contributed by atoms with Gasteiger partial charge in [-0.15, -0.1) is 0 Å². The second-order valence-corrected chi connectivity index (χ2v) is 15.3. The van der Waals surface area contributed by atoms with Gasteiger partial charge < -0.3 is 4.57 Å². The molecule has 2 heterocycles. The first-order chi connectivity index (χ1) is 31.7. The zero-order valence-electron chi connectivity index (χ0n) is 33.8. The minimum atomic E-state index is -5.27. The minimum Gasteiger partial charge on any atom is -0.308 e. The molecule has 0 spiro atoms. The van der Waals surface area contributed by atoms with Gasteiger partial charge in [0.1, 0.15) is 6.07 Å². The molecule has 7 aromatic carbocycles. The Kier molecular flexibility index (Phi) is 10.7. The Labute approximate surface area is 371 Å². The fourth-order valence-corrected chi connectivity index (χ4v) is 8.07. The van der Waals surface area contributed by atoms with E-state index in [0.29, 0.717) is 41.2 Å². The summed E-state index contributed by atoms with van der Waals surface area (Å²) in [6, 6.07) is 36.9. The van der Waals surface area contributed by atoms with Crippen molar-refractivity contribution in [3.8, 4) is 67.9 Å². The van der Waals surface area contributed by atoms with Crippen molar-refractivity contribution >= 4 is 21.8 Å². The first-order valence-electron chi connectivity index (χ1n) is 19.9. The van der Waals surface area contributed by atoms with E-state index in [2.05, 4.69) is 6.07 Å². The lowest BCUT2D eigenvalue weighted by molar-refractivity contribution is -0.144. The zero-order valence-corrected chi connectivity index (χ0v) is 33.8. The first-order valence-corrected chi connectivity index (χ1v) is 19.9. The maximum absolute atomic E-state index is 14.5. The van der Waals surface area contributed by atoms with Gasteiger partial charge in [-0.05, 0) is 95.1 Å². The van der Waals surface area contributed by atoms with Crippen LogP contribution in [-0.4, -0.2) is 14.5 Å². The molecule has 16 heteroatoms. The van der Waals surface area contributed by atoms with Crippen molar-refractivity contribution in [3.63, 3.8) is 0 Å². The molecule has 0 aliphatic rings. The van der Waals surface area contributed by atoms with Crippen molar-refractivity contribution in [1.29, 1.82) is 5.26 Å². The van der Waals surface area contributed by atoms with Crippen molar-refractivity contribution in [2.45, 2.75) is 24.7 Å². The summed E-state index contributed by atoms with van der Waals surface area (Å²) in [5, 5.41) is 10.6. The number of hydrogen-bond acceptors (Lipinski definition) is 3. The largest absolute Gasteiger partial charge is 0.417 e. The average Bonchev–Trinajstić information content (AvgIpc) is 3.63. The van der Waals surface area contributed by atoms with Gasteiger partial charge in [-0.25, -0.2) is 9.97 Å². The SMILES string of the molecule is N#Cc1ccc(-c2nc(-c3ccccc3)cc(-c3ccccc3)n2)cc1-n1c2ccc(-c3ccc(C(F)(F)F)cc3C(F)(F)F)cc2c2cc(-c3ccc(C(F)(F)F)cc3C(F)(F)F)ccc21. The standard InChI is InChI=1S/C51H26F12N4/c52-48(53,54)34-15-17-36(40(24-34)50(58,59)60)30-13-19-44-38(21-30)39-22-31(37-18-16-35(49(55,56)57)25-41(37)51(61,62)63)14-20-45(39)67(44)46-23-32(11-12-33(46)27-64)47-65-42(28-7-3-1-4-8-28)26-43(66-47)29-9-5-2-6-10-29/h1-26H. The highest BCUT2D eigenvalue weighted by molar-refractivity contribution is 6.12. The van der Waals surface area contributed by atoms with Crippen molar-refractivity contribution in [2.24, 2.45) is 0 Å². The van der Waals surface area contributed by atoms with Crippen LogP contribution in [0.25, 0.3) is 83.6 Å². The van der Waals surface area contributed by atoms with E-state index in [1.807, 2.05) is 66.7 Å². The molecule has 4 nitrogen and oxygen atoms in total. The highest BCUT2D eigenvalue weighted by Gasteiger charge is 2.40. The normalized spacial score (nSPS) is 12.5. The molecule has 334 valence electrons. The summed E-state index contributed by atoms with van der Waals surface area (Å²) in [5.74, 6) is 0.222. The number of aromatic nitrogens is 3. The van der Waals surface area contributed by atoms with Gasteiger partial charge in [-0.1, -0.05) is 84.9 Å². The lowest BCUT2D eigenvalue weighted by Crippen LogP contribution is -2.12. The third kappa shape index (κ3) is 8.44. The van der Waals surface area contributed by atoms with Crippen LogP contribution >= 0.6 is 0 Å². The summed E-state index contributed by atoms with van der Waals surface area (Å²) in [6.45, 7) is 0. The molecule has 2 aromatic heterocycles. The molecule has 0 aliphatic carbocycles. The molecule has 0 aliphatic heterocycles. The molecule has 0 saturated heterocycles. The molecule has 9 rings (SSSR count). The van der Waals surface area contributed by atoms with E-state index in [1.54, 1.807) is 12.1 Å². The van der Waals surface area contributed by atoms with Crippen molar-refractivity contribution < 1.29 is 52.7 Å². The molecular weight excluding hydrogens is 897 g/mol. The molecule has 0 saturated carbocycles. The molecule has 0 N–H and O–H groups in total. The summed E-state index contributed by atoms with van der Waals surface area (Å²) in [7, 11) is 0. The number of nitrogens with zero attached hydrogens (tertiary/aromatic N) is 4. The third-order valence-electron chi connectivity index (χ3n) is 11.2. The minimum absolute atomic E-state index is 0.0209. The van der Waals surface area contributed by atoms with E-state index < -0.39 is 58.1 Å². The average molecular weight is 923 g/mol. The van der Waals surface area contributed by atoms with Crippen LogP contribution in [0.15, 0.2) is 158 Å². The molecule has 67 heavy (non-hydrogen) atoms.